The second-order valence-electron chi connectivity index (χ2n) is 6.79. The third kappa shape index (κ3) is 3.81. The lowest BCUT2D eigenvalue weighted by Gasteiger charge is -2.17. The summed E-state index contributed by atoms with van der Waals surface area (Å²) in [6.07, 6.45) is 1.65. The first-order valence-corrected chi connectivity index (χ1v) is 7.94. The van der Waals surface area contributed by atoms with Crippen molar-refractivity contribution in [3.8, 4) is 0 Å². The Balaban J connectivity index is 1.83. The van der Waals surface area contributed by atoms with Crippen LogP contribution >= 0.6 is 0 Å². The molecule has 0 saturated heterocycles. The molecular formula is C20H22N2O. The van der Waals surface area contributed by atoms with Gasteiger partial charge in [-0.3, -0.25) is 4.79 Å². The van der Waals surface area contributed by atoms with Crippen LogP contribution in [0.25, 0.3) is 0 Å². The number of hydrogen-bond donors (Lipinski definition) is 2. The number of amides is 1. The molecule has 0 heterocycles. The summed E-state index contributed by atoms with van der Waals surface area (Å²) < 4.78 is 0. The zero-order valence-corrected chi connectivity index (χ0v) is 13.6. The van der Waals surface area contributed by atoms with E-state index < -0.39 is 0 Å². The molecule has 0 saturated carbocycles. The van der Waals surface area contributed by atoms with E-state index in [-0.39, 0.29) is 11.3 Å². The summed E-state index contributed by atoms with van der Waals surface area (Å²) in [5.74, 6) is -0.0137. The number of benzene rings is 2. The Morgan fingerprint density at radius 2 is 1.43 bits per heavy atom. The summed E-state index contributed by atoms with van der Waals surface area (Å²) in [6.45, 7) is 4.39. The van der Waals surface area contributed by atoms with E-state index >= 15 is 0 Å². The van der Waals surface area contributed by atoms with Crippen LogP contribution in [0.4, 0.5) is 11.4 Å². The van der Waals surface area contributed by atoms with Crippen LogP contribution in [0.2, 0.25) is 0 Å². The Morgan fingerprint density at radius 3 is 2.04 bits per heavy atom. The third-order valence-corrected chi connectivity index (χ3v) is 4.05. The number of para-hydroxylation sites is 2. The molecule has 2 N–H and O–H groups in total. The van der Waals surface area contributed by atoms with E-state index in [1.165, 1.54) is 0 Å². The lowest BCUT2D eigenvalue weighted by atomic mass is 9.89. The summed E-state index contributed by atoms with van der Waals surface area (Å²) in [7, 11) is 0. The molecule has 3 nitrogen and oxygen atoms in total. The minimum atomic E-state index is -0.0137. The third-order valence-electron chi connectivity index (χ3n) is 4.05. The highest BCUT2D eigenvalue weighted by molar-refractivity contribution is 6.05. The van der Waals surface area contributed by atoms with E-state index in [0.717, 1.165) is 35.5 Å². The molecule has 3 rings (SSSR count). The predicted molar refractivity (Wildman–Crippen MR) is 95.2 cm³/mol. The molecule has 0 fully saturated rings. The highest BCUT2D eigenvalue weighted by Crippen LogP contribution is 2.41. The lowest BCUT2D eigenvalue weighted by molar-refractivity contribution is -0.113. The summed E-state index contributed by atoms with van der Waals surface area (Å²) >= 11 is 0. The predicted octanol–water partition coefficient (Wildman–Crippen LogP) is 4.81. The van der Waals surface area contributed by atoms with Crippen molar-refractivity contribution in [1.82, 2.24) is 0 Å². The van der Waals surface area contributed by atoms with E-state index in [9.17, 15) is 4.79 Å². The van der Waals surface area contributed by atoms with Crippen molar-refractivity contribution in [3.63, 3.8) is 0 Å². The highest BCUT2D eigenvalue weighted by atomic mass is 16.1. The van der Waals surface area contributed by atoms with Crippen LogP contribution in [0.5, 0.6) is 0 Å². The fourth-order valence-corrected chi connectivity index (χ4v) is 2.99. The van der Waals surface area contributed by atoms with Gasteiger partial charge in [0, 0.05) is 22.6 Å². The standard InChI is InChI=1S/C20H22N2O/c1-20(2)13-17(19(23)22-16-11-7-4-8-12-16)18(14-20)21-15-9-5-3-6-10-15/h3-12,21H,13-14H2,1-2H3,(H,22,23). The Hall–Kier alpha value is -2.55. The van der Waals surface area contributed by atoms with Gasteiger partial charge in [-0.2, -0.15) is 0 Å². The Bertz CT molecular complexity index is 718. The van der Waals surface area contributed by atoms with Crippen LogP contribution in [-0.2, 0) is 4.79 Å². The van der Waals surface area contributed by atoms with Crippen molar-refractivity contribution < 1.29 is 4.79 Å². The molecule has 1 aliphatic carbocycles. The average Bonchev–Trinajstić information content (AvgIpc) is 2.84. The van der Waals surface area contributed by atoms with Crippen LogP contribution in [-0.4, -0.2) is 5.91 Å². The number of hydrogen-bond acceptors (Lipinski definition) is 2. The first-order chi connectivity index (χ1) is 11.0. The second-order valence-corrected chi connectivity index (χ2v) is 6.79. The zero-order chi connectivity index (χ0) is 16.3. The average molecular weight is 306 g/mol. The van der Waals surface area contributed by atoms with Crippen LogP contribution in [0.1, 0.15) is 26.7 Å². The quantitative estimate of drug-likeness (QED) is 0.851. The molecule has 0 atom stereocenters. The molecular weight excluding hydrogens is 284 g/mol. The Labute approximate surface area is 137 Å². The van der Waals surface area contributed by atoms with Crippen LogP contribution in [0, 0.1) is 5.41 Å². The van der Waals surface area contributed by atoms with Crippen molar-refractivity contribution >= 4 is 17.3 Å². The minimum absolute atomic E-state index is 0.0137. The molecule has 2 aromatic carbocycles. The molecule has 0 unspecified atom stereocenters. The van der Waals surface area contributed by atoms with Gasteiger partial charge in [-0.1, -0.05) is 50.2 Å². The first kappa shape index (κ1) is 15.3. The monoisotopic (exact) mass is 306 g/mol. The fraction of sp³-hybridized carbons (Fsp3) is 0.250. The summed E-state index contributed by atoms with van der Waals surface area (Å²) in [5.41, 5.74) is 3.82. The van der Waals surface area contributed by atoms with E-state index in [0.29, 0.717) is 0 Å². The number of anilines is 2. The van der Waals surface area contributed by atoms with Crippen molar-refractivity contribution in [2.75, 3.05) is 10.6 Å². The van der Waals surface area contributed by atoms with Crippen LogP contribution in [0.15, 0.2) is 71.9 Å². The number of carbonyl (C=O) groups is 1. The maximum absolute atomic E-state index is 12.7. The zero-order valence-electron chi connectivity index (χ0n) is 13.6. The van der Waals surface area contributed by atoms with Crippen LogP contribution in [0.3, 0.4) is 0 Å². The van der Waals surface area contributed by atoms with Crippen molar-refractivity contribution in [2.45, 2.75) is 26.7 Å². The van der Waals surface area contributed by atoms with Gasteiger partial charge in [-0.05, 0) is 42.5 Å². The number of carbonyl (C=O) groups excluding carboxylic acids is 1. The SMILES string of the molecule is CC1(C)CC(Nc2ccccc2)=C(C(=O)Nc2ccccc2)C1. The van der Waals surface area contributed by atoms with Gasteiger partial charge in [-0.15, -0.1) is 0 Å². The van der Waals surface area contributed by atoms with Gasteiger partial charge in [0.15, 0.2) is 0 Å². The number of rotatable bonds is 4. The van der Waals surface area contributed by atoms with Gasteiger partial charge in [0.1, 0.15) is 0 Å². The molecule has 23 heavy (non-hydrogen) atoms. The molecule has 0 bridgehead atoms. The minimum Gasteiger partial charge on any atom is -0.358 e. The highest BCUT2D eigenvalue weighted by Gasteiger charge is 2.34. The first-order valence-electron chi connectivity index (χ1n) is 7.94. The number of nitrogens with one attached hydrogen (secondary N) is 2. The molecule has 1 amide bonds. The van der Waals surface area contributed by atoms with E-state index in [1.807, 2.05) is 60.7 Å². The van der Waals surface area contributed by atoms with Gasteiger partial charge < -0.3 is 10.6 Å². The topological polar surface area (TPSA) is 41.1 Å². The molecule has 1 aliphatic rings. The molecule has 0 radical (unpaired) electrons. The number of allylic oxidation sites excluding steroid dienone is 1. The summed E-state index contributed by atoms with van der Waals surface area (Å²) in [5, 5.41) is 6.43. The largest absolute Gasteiger partial charge is 0.358 e. The maximum atomic E-state index is 12.7. The molecule has 0 spiro atoms. The fourth-order valence-electron chi connectivity index (χ4n) is 2.99. The lowest BCUT2D eigenvalue weighted by Crippen LogP contribution is -2.16. The van der Waals surface area contributed by atoms with Gasteiger partial charge >= 0.3 is 0 Å². The van der Waals surface area contributed by atoms with Crippen LogP contribution < -0.4 is 10.6 Å². The van der Waals surface area contributed by atoms with Crippen molar-refractivity contribution in [2.24, 2.45) is 5.41 Å². The maximum Gasteiger partial charge on any atom is 0.253 e. The van der Waals surface area contributed by atoms with Gasteiger partial charge in [0.25, 0.3) is 5.91 Å². The van der Waals surface area contributed by atoms with Crippen molar-refractivity contribution in [3.05, 3.63) is 71.9 Å². The van der Waals surface area contributed by atoms with Gasteiger partial charge in [-0.25, -0.2) is 0 Å². The molecule has 0 aromatic heterocycles. The van der Waals surface area contributed by atoms with E-state index in [1.54, 1.807) is 0 Å². The van der Waals surface area contributed by atoms with E-state index in [2.05, 4.69) is 24.5 Å². The van der Waals surface area contributed by atoms with Gasteiger partial charge in [0.2, 0.25) is 0 Å². The summed E-state index contributed by atoms with van der Waals surface area (Å²) in [6, 6.07) is 19.6. The Morgan fingerprint density at radius 1 is 0.870 bits per heavy atom. The second kappa shape index (κ2) is 6.29. The van der Waals surface area contributed by atoms with Crippen molar-refractivity contribution in [1.29, 1.82) is 0 Å². The molecule has 2 aromatic rings. The smallest absolute Gasteiger partial charge is 0.253 e. The molecule has 0 aliphatic heterocycles. The molecule has 118 valence electrons. The van der Waals surface area contributed by atoms with Gasteiger partial charge in [0.05, 0.1) is 0 Å². The normalized spacial score (nSPS) is 16.3. The molecule has 3 heteroatoms. The van der Waals surface area contributed by atoms with E-state index in [4.69, 9.17) is 0 Å². The summed E-state index contributed by atoms with van der Waals surface area (Å²) in [4.78, 5) is 12.7. The Kier molecular flexibility index (Phi) is 4.20.